The molecule has 0 aliphatic rings. The number of hydrogen-bond acceptors (Lipinski definition) is 3. The molecule has 0 spiro atoms. The van der Waals surface area contributed by atoms with E-state index in [0.717, 1.165) is 0 Å². The third-order valence-corrected chi connectivity index (χ3v) is 2.84. The lowest BCUT2D eigenvalue weighted by atomic mass is 10.1. The zero-order chi connectivity index (χ0) is 15.1. The molecule has 0 saturated carbocycles. The van der Waals surface area contributed by atoms with Crippen molar-refractivity contribution in [2.45, 2.75) is 26.4 Å². The minimum absolute atomic E-state index is 0.0208. The summed E-state index contributed by atoms with van der Waals surface area (Å²) in [6.45, 7) is 4.13. The molecule has 1 rings (SSSR count). The number of nitrogens with zero attached hydrogens (tertiary/aromatic N) is 1. The van der Waals surface area contributed by atoms with E-state index in [2.05, 4.69) is 5.32 Å². The Morgan fingerprint density at radius 1 is 1.35 bits per heavy atom. The van der Waals surface area contributed by atoms with Crippen molar-refractivity contribution in [3.8, 4) is 0 Å². The Morgan fingerprint density at radius 2 is 2.05 bits per heavy atom. The molecule has 0 unspecified atom stereocenters. The van der Waals surface area contributed by atoms with Gasteiger partial charge in [0, 0.05) is 19.1 Å². The SMILES string of the molecule is CC(C)N(CCO)C(=O)NCc1cccc(C(=O)O)c1. The molecule has 6 nitrogen and oxygen atoms in total. The van der Waals surface area contributed by atoms with Crippen LogP contribution in [0.15, 0.2) is 24.3 Å². The maximum Gasteiger partial charge on any atom is 0.335 e. The lowest BCUT2D eigenvalue weighted by Crippen LogP contribution is -2.45. The normalized spacial score (nSPS) is 10.4. The Kier molecular flexibility index (Phi) is 5.99. The Balaban J connectivity index is 2.64. The predicted molar refractivity (Wildman–Crippen MR) is 74.6 cm³/mol. The number of nitrogens with one attached hydrogen (secondary N) is 1. The number of aliphatic hydroxyl groups excluding tert-OH is 1. The quantitative estimate of drug-likeness (QED) is 0.732. The highest BCUT2D eigenvalue weighted by molar-refractivity contribution is 5.87. The van der Waals surface area contributed by atoms with E-state index in [1.54, 1.807) is 12.1 Å². The fraction of sp³-hybridized carbons (Fsp3) is 0.429. The number of carboxylic acids is 1. The summed E-state index contributed by atoms with van der Waals surface area (Å²) in [6.07, 6.45) is 0. The maximum atomic E-state index is 12.0. The summed E-state index contributed by atoms with van der Waals surface area (Å²) in [5.74, 6) is -0.998. The second-order valence-corrected chi connectivity index (χ2v) is 4.67. The Labute approximate surface area is 118 Å². The van der Waals surface area contributed by atoms with Crippen LogP contribution in [0.4, 0.5) is 4.79 Å². The molecule has 2 amide bonds. The van der Waals surface area contributed by atoms with Crippen molar-refractivity contribution < 1.29 is 19.8 Å². The van der Waals surface area contributed by atoms with E-state index in [9.17, 15) is 9.59 Å². The molecule has 0 aliphatic heterocycles. The van der Waals surface area contributed by atoms with Gasteiger partial charge in [0.05, 0.1) is 12.2 Å². The van der Waals surface area contributed by atoms with Crippen LogP contribution in [0, 0.1) is 0 Å². The first kappa shape index (κ1) is 16.0. The topological polar surface area (TPSA) is 89.9 Å². The summed E-state index contributed by atoms with van der Waals surface area (Å²) in [6, 6.07) is 6.10. The highest BCUT2D eigenvalue weighted by atomic mass is 16.4. The number of rotatable bonds is 6. The van der Waals surface area contributed by atoms with Gasteiger partial charge in [0.25, 0.3) is 0 Å². The number of benzene rings is 1. The molecule has 110 valence electrons. The zero-order valence-corrected chi connectivity index (χ0v) is 11.7. The monoisotopic (exact) mass is 280 g/mol. The van der Waals surface area contributed by atoms with Gasteiger partial charge in [-0.3, -0.25) is 0 Å². The predicted octanol–water partition coefficient (Wildman–Crippen LogP) is 1.30. The summed E-state index contributed by atoms with van der Waals surface area (Å²) in [4.78, 5) is 24.3. The number of hydrogen-bond donors (Lipinski definition) is 3. The van der Waals surface area contributed by atoms with Crippen molar-refractivity contribution in [3.05, 3.63) is 35.4 Å². The molecule has 1 aromatic rings. The number of amides is 2. The standard InChI is InChI=1S/C14H20N2O4/c1-10(2)16(6-7-17)14(20)15-9-11-4-3-5-12(8-11)13(18)19/h3-5,8,10,17H,6-7,9H2,1-2H3,(H,15,20)(H,18,19). The van der Waals surface area contributed by atoms with E-state index in [1.807, 2.05) is 13.8 Å². The first-order chi connectivity index (χ1) is 9.45. The third kappa shape index (κ3) is 4.55. The molecule has 0 fully saturated rings. The second-order valence-electron chi connectivity index (χ2n) is 4.67. The van der Waals surface area contributed by atoms with Crippen LogP contribution in [0.1, 0.15) is 29.8 Å². The summed E-state index contributed by atoms with van der Waals surface area (Å²) in [7, 11) is 0. The van der Waals surface area contributed by atoms with Crippen molar-refractivity contribution in [2.75, 3.05) is 13.2 Å². The van der Waals surface area contributed by atoms with Crippen molar-refractivity contribution in [3.63, 3.8) is 0 Å². The smallest absolute Gasteiger partial charge is 0.335 e. The van der Waals surface area contributed by atoms with E-state index >= 15 is 0 Å². The molecule has 20 heavy (non-hydrogen) atoms. The average Bonchev–Trinajstić information content (AvgIpc) is 2.42. The molecular formula is C14H20N2O4. The minimum atomic E-state index is -0.998. The molecule has 0 aliphatic carbocycles. The van der Waals surface area contributed by atoms with Crippen LogP contribution < -0.4 is 5.32 Å². The molecule has 3 N–H and O–H groups in total. The summed E-state index contributed by atoms with van der Waals surface area (Å²) in [5.41, 5.74) is 0.902. The molecule has 6 heteroatoms. The molecular weight excluding hydrogens is 260 g/mol. The number of aromatic carboxylic acids is 1. The van der Waals surface area contributed by atoms with Gasteiger partial charge in [-0.05, 0) is 31.5 Å². The number of carboxylic acid groups (broad SMARTS) is 1. The number of carbonyl (C=O) groups excluding carboxylic acids is 1. The van der Waals surface area contributed by atoms with Crippen LogP contribution in [0.3, 0.4) is 0 Å². The first-order valence-corrected chi connectivity index (χ1v) is 6.43. The zero-order valence-electron chi connectivity index (χ0n) is 11.7. The van der Waals surface area contributed by atoms with Gasteiger partial charge >= 0.3 is 12.0 Å². The van der Waals surface area contributed by atoms with Gasteiger partial charge < -0.3 is 20.4 Å². The van der Waals surface area contributed by atoms with Crippen LogP contribution in [0.5, 0.6) is 0 Å². The van der Waals surface area contributed by atoms with E-state index in [-0.39, 0.29) is 37.3 Å². The van der Waals surface area contributed by atoms with Gasteiger partial charge in [-0.15, -0.1) is 0 Å². The van der Waals surface area contributed by atoms with Gasteiger partial charge in [0.1, 0.15) is 0 Å². The van der Waals surface area contributed by atoms with E-state index in [1.165, 1.54) is 17.0 Å². The third-order valence-electron chi connectivity index (χ3n) is 2.84. The van der Waals surface area contributed by atoms with Crippen LogP contribution in [0.25, 0.3) is 0 Å². The Morgan fingerprint density at radius 3 is 2.60 bits per heavy atom. The van der Waals surface area contributed by atoms with E-state index in [0.29, 0.717) is 5.56 Å². The highest BCUT2D eigenvalue weighted by Crippen LogP contribution is 2.06. The van der Waals surface area contributed by atoms with Gasteiger partial charge in [0.15, 0.2) is 0 Å². The molecule has 0 saturated heterocycles. The molecule has 0 radical (unpaired) electrons. The van der Waals surface area contributed by atoms with Crippen molar-refractivity contribution >= 4 is 12.0 Å². The van der Waals surface area contributed by atoms with Crippen LogP contribution in [-0.2, 0) is 6.54 Å². The molecule has 0 bridgehead atoms. The maximum absolute atomic E-state index is 12.0. The molecule has 1 aromatic carbocycles. The van der Waals surface area contributed by atoms with Crippen LogP contribution in [0.2, 0.25) is 0 Å². The average molecular weight is 280 g/mol. The van der Waals surface area contributed by atoms with Gasteiger partial charge in [-0.25, -0.2) is 9.59 Å². The Hall–Kier alpha value is -2.08. The largest absolute Gasteiger partial charge is 0.478 e. The van der Waals surface area contributed by atoms with Crippen molar-refractivity contribution in [2.24, 2.45) is 0 Å². The van der Waals surface area contributed by atoms with Gasteiger partial charge in [0.2, 0.25) is 0 Å². The molecule has 0 aromatic heterocycles. The van der Waals surface area contributed by atoms with E-state index < -0.39 is 5.97 Å². The first-order valence-electron chi connectivity index (χ1n) is 6.43. The summed E-state index contributed by atoms with van der Waals surface area (Å²) >= 11 is 0. The lowest BCUT2D eigenvalue weighted by Gasteiger charge is -2.26. The van der Waals surface area contributed by atoms with Gasteiger partial charge in [-0.2, -0.15) is 0 Å². The number of aliphatic hydroxyl groups is 1. The highest BCUT2D eigenvalue weighted by Gasteiger charge is 2.15. The lowest BCUT2D eigenvalue weighted by molar-refractivity contribution is 0.0696. The number of urea groups is 1. The second kappa shape index (κ2) is 7.49. The van der Waals surface area contributed by atoms with Crippen molar-refractivity contribution in [1.29, 1.82) is 0 Å². The summed E-state index contributed by atoms with van der Waals surface area (Å²) in [5, 5.41) is 20.5. The minimum Gasteiger partial charge on any atom is -0.478 e. The number of carbonyl (C=O) groups is 2. The van der Waals surface area contributed by atoms with E-state index in [4.69, 9.17) is 10.2 Å². The molecule has 0 atom stereocenters. The van der Waals surface area contributed by atoms with Crippen LogP contribution in [-0.4, -0.2) is 46.3 Å². The fourth-order valence-electron chi connectivity index (χ4n) is 1.80. The molecule has 0 heterocycles. The fourth-order valence-corrected chi connectivity index (χ4v) is 1.80. The van der Waals surface area contributed by atoms with Crippen LogP contribution >= 0.6 is 0 Å². The van der Waals surface area contributed by atoms with Crippen molar-refractivity contribution in [1.82, 2.24) is 10.2 Å². The summed E-state index contributed by atoms with van der Waals surface area (Å²) < 4.78 is 0. The Bertz CT molecular complexity index is 474. The van der Waals surface area contributed by atoms with Gasteiger partial charge in [-0.1, -0.05) is 12.1 Å².